The van der Waals surface area contributed by atoms with E-state index in [0.29, 0.717) is 24.6 Å². The lowest BCUT2D eigenvalue weighted by atomic mass is 9.93. The normalized spacial score (nSPS) is 15.5. The van der Waals surface area contributed by atoms with E-state index in [9.17, 15) is 14.0 Å². The summed E-state index contributed by atoms with van der Waals surface area (Å²) >= 11 is 0. The van der Waals surface area contributed by atoms with Crippen LogP contribution in [0.1, 0.15) is 38.4 Å². The maximum absolute atomic E-state index is 14.1. The third-order valence-corrected chi connectivity index (χ3v) is 4.74. The highest BCUT2D eigenvalue weighted by Crippen LogP contribution is 2.22. The molecule has 0 aliphatic carbocycles. The molecule has 0 spiro atoms. The molecule has 134 valence electrons. The molecule has 1 N–H and O–H groups in total. The standard InChI is InChI=1S/C18H23FN4O2/c1-2-5-17(24)22-10-8-13(9-11-22)12-16-20-21-18(25)23(16)15-7-4-3-6-14(15)19/h3-4,6-7,13H,2,5,8-12H2,1H3,(H,21,25). The van der Waals surface area contributed by atoms with E-state index in [2.05, 4.69) is 10.2 Å². The predicted molar refractivity (Wildman–Crippen MR) is 92.1 cm³/mol. The van der Waals surface area contributed by atoms with Crippen molar-refractivity contribution >= 4 is 5.91 Å². The molecule has 1 aromatic heterocycles. The first-order valence-corrected chi connectivity index (χ1v) is 8.79. The number of aromatic amines is 1. The summed E-state index contributed by atoms with van der Waals surface area (Å²) < 4.78 is 15.4. The van der Waals surface area contributed by atoms with Gasteiger partial charge >= 0.3 is 5.69 Å². The minimum atomic E-state index is -0.452. The van der Waals surface area contributed by atoms with E-state index in [-0.39, 0.29) is 11.6 Å². The lowest BCUT2D eigenvalue weighted by Crippen LogP contribution is -2.39. The number of benzene rings is 1. The Morgan fingerprint density at radius 2 is 2.04 bits per heavy atom. The zero-order chi connectivity index (χ0) is 17.8. The average molecular weight is 346 g/mol. The first kappa shape index (κ1) is 17.4. The maximum Gasteiger partial charge on any atom is 0.348 e. The molecule has 1 saturated heterocycles. The highest BCUT2D eigenvalue weighted by atomic mass is 19.1. The van der Waals surface area contributed by atoms with Crippen molar-refractivity contribution in [2.24, 2.45) is 5.92 Å². The van der Waals surface area contributed by atoms with Gasteiger partial charge in [0.25, 0.3) is 0 Å². The van der Waals surface area contributed by atoms with Crippen LogP contribution < -0.4 is 5.69 Å². The number of carbonyl (C=O) groups is 1. The maximum atomic E-state index is 14.1. The van der Waals surface area contributed by atoms with Crippen LogP contribution in [-0.2, 0) is 11.2 Å². The number of halogens is 1. The van der Waals surface area contributed by atoms with Gasteiger partial charge in [-0.3, -0.25) is 4.79 Å². The third-order valence-electron chi connectivity index (χ3n) is 4.74. The van der Waals surface area contributed by atoms with Gasteiger partial charge in [-0.15, -0.1) is 0 Å². The molecule has 7 heteroatoms. The number of nitrogens with zero attached hydrogens (tertiary/aromatic N) is 3. The Hall–Kier alpha value is -2.44. The van der Waals surface area contributed by atoms with Crippen LogP contribution in [0.3, 0.4) is 0 Å². The van der Waals surface area contributed by atoms with Gasteiger partial charge in [0.2, 0.25) is 5.91 Å². The van der Waals surface area contributed by atoms with Crippen LogP contribution in [0.25, 0.3) is 5.69 Å². The van der Waals surface area contributed by atoms with Gasteiger partial charge in [0.15, 0.2) is 0 Å². The van der Waals surface area contributed by atoms with Crippen LogP contribution in [0.5, 0.6) is 0 Å². The molecule has 0 unspecified atom stereocenters. The van der Waals surface area contributed by atoms with Crippen molar-refractivity contribution in [2.75, 3.05) is 13.1 Å². The molecule has 1 aromatic carbocycles. The number of carbonyl (C=O) groups excluding carboxylic acids is 1. The number of aromatic nitrogens is 3. The van der Waals surface area contributed by atoms with Crippen LogP contribution in [0.2, 0.25) is 0 Å². The van der Waals surface area contributed by atoms with Crippen molar-refractivity contribution in [2.45, 2.75) is 39.0 Å². The summed E-state index contributed by atoms with van der Waals surface area (Å²) in [6.45, 7) is 3.47. The van der Waals surface area contributed by atoms with Crippen molar-refractivity contribution in [3.05, 3.63) is 46.4 Å². The number of hydrogen-bond acceptors (Lipinski definition) is 3. The SMILES string of the molecule is CCCC(=O)N1CCC(Cc2n[nH]c(=O)n2-c2ccccc2F)CC1. The van der Waals surface area contributed by atoms with Gasteiger partial charge in [0.05, 0.1) is 5.69 Å². The number of nitrogens with one attached hydrogen (secondary N) is 1. The summed E-state index contributed by atoms with van der Waals surface area (Å²) in [5, 5.41) is 6.51. The molecule has 1 amide bonds. The Morgan fingerprint density at radius 1 is 1.32 bits per heavy atom. The molecule has 0 bridgehead atoms. The summed E-state index contributed by atoms with van der Waals surface area (Å²) in [6, 6.07) is 6.18. The van der Waals surface area contributed by atoms with Gasteiger partial charge in [-0.1, -0.05) is 19.1 Å². The van der Waals surface area contributed by atoms with Gasteiger partial charge in [0, 0.05) is 25.9 Å². The van der Waals surface area contributed by atoms with Gasteiger partial charge < -0.3 is 4.90 Å². The van der Waals surface area contributed by atoms with Crippen LogP contribution in [0.4, 0.5) is 4.39 Å². The van der Waals surface area contributed by atoms with Crippen LogP contribution in [0.15, 0.2) is 29.1 Å². The molecule has 1 aliphatic rings. The van der Waals surface area contributed by atoms with Gasteiger partial charge in [-0.25, -0.2) is 18.9 Å². The molecule has 0 saturated carbocycles. The van der Waals surface area contributed by atoms with Crippen molar-refractivity contribution in [3.63, 3.8) is 0 Å². The summed E-state index contributed by atoms with van der Waals surface area (Å²) in [5.74, 6) is 0.621. The lowest BCUT2D eigenvalue weighted by molar-refractivity contribution is -0.132. The van der Waals surface area contributed by atoms with Crippen LogP contribution in [-0.4, -0.2) is 38.7 Å². The summed E-state index contributed by atoms with van der Waals surface area (Å²) in [6.07, 6.45) is 3.78. The summed E-state index contributed by atoms with van der Waals surface area (Å²) in [5.41, 5.74) is -0.220. The van der Waals surface area contributed by atoms with Gasteiger partial charge in [-0.05, 0) is 37.3 Å². The predicted octanol–water partition coefficient (Wildman–Crippen LogP) is 2.28. The first-order valence-electron chi connectivity index (χ1n) is 8.79. The van der Waals surface area contributed by atoms with E-state index >= 15 is 0 Å². The monoisotopic (exact) mass is 346 g/mol. The smallest absolute Gasteiger partial charge is 0.343 e. The third kappa shape index (κ3) is 3.81. The highest BCUT2D eigenvalue weighted by Gasteiger charge is 2.24. The molecule has 0 atom stereocenters. The fourth-order valence-electron chi connectivity index (χ4n) is 3.36. The number of rotatable bonds is 5. The van der Waals surface area contributed by atoms with E-state index in [4.69, 9.17) is 0 Å². The molecular formula is C18H23FN4O2. The molecule has 1 fully saturated rings. The molecule has 3 rings (SSSR count). The zero-order valence-electron chi connectivity index (χ0n) is 14.4. The largest absolute Gasteiger partial charge is 0.348 e. The second-order valence-electron chi connectivity index (χ2n) is 6.51. The summed E-state index contributed by atoms with van der Waals surface area (Å²) in [7, 11) is 0. The van der Waals surface area contributed by atoms with Gasteiger partial charge in [-0.2, -0.15) is 5.10 Å². The second-order valence-corrected chi connectivity index (χ2v) is 6.51. The molecule has 2 heterocycles. The second kappa shape index (κ2) is 7.63. The zero-order valence-corrected chi connectivity index (χ0v) is 14.4. The molecule has 0 radical (unpaired) electrons. The highest BCUT2D eigenvalue weighted by molar-refractivity contribution is 5.76. The Morgan fingerprint density at radius 3 is 2.72 bits per heavy atom. The minimum Gasteiger partial charge on any atom is -0.343 e. The topological polar surface area (TPSA) is 71.0 Å². The molecule has 1 aliphatic heterocycles. The van der Waals surface area contributed by atoms with Crippen molar-refractivity contribution in [1.82, 2.24) is 19.7 Å². The number of amides is 1. The van der Waals surface area contributed by atoms with Crippen LogP contribution >= 0.6 is 0 Å². The molecule has 2 aromatic rings. The van der Waals surface area contributed by atoms with Crippen molar-refractivity contribution in [3.8, 4) is 5.69 Å². The van der Waals surface area contributed by atoms with E-state index in [1.165, 1.54) is 10.6 Å². The quantitative estimate of drug-likeness (QED) is 0.903. The fourth-order valence-corrected chi connectivity index (χ4v) is 3.36. The lowest BCUT2D eigenvalue weighted by Gasteiger charge is -2.32. The van der Waals surface area contributed by atoms with Crippen molar-refractivity contribution < 1.29 is 9.18 Å². The first-order chi connectivity index (χ1) is 12.1. The Labute approximate surface area is 145 Å². The van der Waals surface area contributed by atoms with Gasteiger partial charge in [0.1, 0.15) is 11.6 Å². The van der Waals surface area contributed by atoms with Crippen LogP contribution in [0, 0.1) is 11.7 Å². The van der Waals surface area contributed by atoms with E-state index in [1.807, 2.05) is 11.8 Å². The fraction of sp³-hybridized carbons (Fsp3) is 0.500. The molecule has 25 heavy (non-hydrogen) atoms. The Balaban J connectivity index is 1.71. The minimum absolute atomic E-state index is 0.212. The molecular weight excluding hydrogens is 323 g/mol. The Bertz CT molecular complexity index is 790. The Kier molecular flexibility index (Phi) is 5.31. The van der Waals surface area contributed by atoms with Crippen molar-refractivity contribution in [1.29, 1.82) is 0 Å². The number of piperidine rings is 1. The van der Waals surface area contributed by atoms with E-state index in [1.54, 1.807) is 18.2 Å². The van der Waals surface area contributed by atoms with E-state index in [0.717, 1.165) is 32.4 Å². The summed E-state index contributed by atoms with van der Waals surface area (Å²) in [4.78, 5) is 25.9. The number of likely N-dealkylation sites (tertiary alicyclic amines) is 1. The number of para-hydroxylation sites is 1. The van der Waals surface area contributed by atoms with E-state index < -0.39 is 11.5 Å². The number of hydrogen-bond donors (Lipinski definition) is 1. The average Bonchev–Trinajstić information content (AvgIpc) is 2.96. The molecule has 6 nitrogen and oxygen atoms in total. The number of H-pyrrole nitrogens is 1.